The van der Waals surface area contributed by atoms with Gasteiger partial charge in [-0.25, -0.2) is 0 Å². The highest BCUT2D eigenvalue weighted by molar-refractivity contribution is 8.00. The van der Waals surface area contributed by atoms with Gasteiger partial charge in [-0.05, 0) is 36.8 Å². The molecule has 7 nitrogen and oxygen atoms in total. The van der Waals surface area contributed by atoms with Crippen LogP contribution in [0, 0.1) is 6.92 Å². The predicted molar refractivity (Wildman–Crippen MR) is 139 cm³/mol. The van der Waals surface area contributed by atoms with E-state index in [4.69, 9.17) is 4.74 Å². The standard InChI is InChI=1S/C27H27N5O2S/c1-20-12-14-23(15-13-20)32-26(31-16-18-34-19-17-31)29-30-27(32)35-24(21-8-4-2-5-9-21)25(33)28-22-10-6-3-7-11-22/h2-15,24H,16-19H2,1H3,(H,28,33). The highest BCUT2D eigenvalue weighted by atomic mass is 32.2. The molecule has 1 atom stereocenters. The summed E-state index contributed by atoms with van der Waals surface area (Å²) >= 11 is 1.40. The van der Waals surface area contributed by atoms with Crippen molar-refractivity contribution in [2.75, 3.05) is 36.5 Å². The van der Waals surface area contributed by atoms with Crippen molar-refractivity contribution in [1.82, 2.24) is 14.8 Å². The number of carbonyl (C=O) groups is 1. The molecule has 1 aromatic heterocycles. The molecule has 8 heteroatoms. The zero-order valence-corrected chi connectivity index (χ0v) is 20.3. The summed E-state index contributed by atoms with van der Waals surface area (Å²) in [4.78, 5) is 15.7. The molecule has 2 heterocycles. The van der Waals surface area contributed by atoms with Crippen LogP contribution in [0.1, 0.15) is 16.4 Å². The van der Waals surface area contributed by atoms with Crippen molar-refractivity contribution >= 4 is 29.3 Å². The molecule has 1 N–H and O–H groups in total. The summed E-state index contributed by atoms with van der Waals surface area (Å²) in [5.41, 5.74) is 3.79. The second-order valence-corrected chi connectivity index (χ2v) is 9.39. The Hall–Kier alpha value is -3.62. The molecule has 0 bridgehead atoms. The number of carbonyl (C=O) groups excluding carboxylic acids is 1. The molecular formula is C27H27N5O2S. The molecular weight excluding hydrogens is 458 g/mol. The Balaban J connectivity index is 1.52. The maximum Gasteiger partial charge on any atom is 0.242 e. The Kier molecular flexibility index (Phi) is 7.11. The molecule has 5 rings (SSSR count). The Labute approximate surface area is 209 Å². The second-order valence-electron chi connectivity index (χ2n) is 8.32. The Morgan fingerprint density at radius 1 is 0.914 bits per heavy atom. The molecule has 0 radical (unpaired) electrons. The molecule has 1 aliphatic heterocycles. The van der Waals surface area contributed by atoms with E-state index in [1.54, 1.807) is 0 Å². The van der Waals surface area contributed by atoms with Crippen LogP contribution < -0.4 is 10.2 Å². The van der Waals surface area contributed by atoms with Crippen molar-refractivity contribution in [3.63, 3.8) is 0 Å². The number of benzene rings is 3. The number of para-hydroxylation sites is 1. The Bertz CT molecular complexity index is 1260. The number of thioether (sulfide) groups is 1. The van der Waals surface area contributed by atoms with E-state index in [2.05, 4.69) is 51.6 Å². The molecule has 1 amide bonds. The number of rotatable bonds is 7. The Morgan fingerprint density at radius 3 is 2.26 bits per heavy atom. The van der Waals surface area contributed by atoms with Gasteiger partial charge in [0.25, 0.3) is 0 Å². The zero-order valence-electron chi connectivity index (χ0n) is 19.5. The number of hydrogen-bond donors (Lipinski definition) is 1. The minimum atomic E-state index is -0.512. The maximum absolute atomic E-state index is 13.5. The van der Waals surface area contributed by atoms with Crippen LogP contribution in [0.15, 0.2) is 90.1 Å². The van der Waals surface area contributed by atoms with Gasteiger partial charge in [0.1, 0.15) is 5.25 Å². The highest BCUT2D eigenvalue weighted by Crippen LogP contribution is 2.38. The summed E-state index contributed by atoms with van der Waals surface area (Å²) in [7, 11) is 0. The molecule has 0 aliphatic carbocycles. The van der Waals surface area contributed by atoms with Gasteiger partial charge in [0, 0.05) is 18.8 Å². The van der Waals surface area contributed by atoms with Gasteiger partial charge >= 0.3 is 0 Å². The quantitative estimate of drug-likeness (QED) is 0.376. The van der Waals surface area contributed by atoms with Crippen molar-refractivity contribution in [3.05, 3.63) is 96.1 Å². The van der Waals surface area contributed by atoms with Crippen LogP contribution in [-0.4, -0.2) is 47.0 Å². The average molecular weight is 486 g/mol. The van der Waals surface area contributed by atoms with Gasteiger partial charge in [-0.1, -0.05) is 78.0 Å². The van der Waals surface area contributed by atoms with E-state index in [1.165, 1.54) is 17.3 Å². The van der Waals surface area contributed by atoms with Crippen LogP contribution in [0.3, 0.4) is 0 Å². The predicted octanol–water partition coefficient (Wildman–Crippen LogP) is 4.88. The average Bonchev–Trinajstić information content (AvgIpc) is 3.33. The lowest BCUT2D eigenvalue weighted by Crippen LogP contribution is -2.37. The third-order valence-electron chi connectivity index (χ3n) is 5.81. The third kappa shape index (κ3) is 5.39. The number of ether oxygens (including phenoxy) is 1. The summed E-state index contributed by atoms with van der Waals surface area (Å²) in [6, 6.07) is 27.6. The topological polar surface area (TPSA) is 72.3 Å². The van der Waals surface area contributed by atoms with Crippen molar-refractivity contribution < 1.29 is 9.53 Å². The lowest BCUT2D eigenvalue weighted by Gasteiger charge is -2.28. The van der Waals surface area contributed by atoms with Gasteiger partial charge < -0.3 is 15.0 Å². The molecule has 35 heavy (non-hydrogen) atoms. The van der Waals surface area contributed by atoms with Gasteiger partial charge in [0.2, 0.25) is 11.9 Å². The smallest absolute Gasteiger partial charge is 0.242 e. The first-order valence-electron chi connectivity index (χ1n) is 11.6. The Morgan fingerprint density at radius 2 is 1.57 bits per heavy atom. The van der Waals surface area contributed by atoms with Crippen LogP contribution in [0.25, 0.3) is 5.69 Å². The van der Waals surface area contributed by atoms with Gasteiger partial charge in [-0.15, -0.1) is 10.2 Å². The minimum Gasteiger partial charge on any atom is -0.378 e. The summed E-state index contributed by atoms with van der Waals surface area (Å²) in [5, 5.41) is 12.3. The third-order valence-corrected chi connectivity index (χ3v) is 7.00. The number of aryl methyl sites for hydroxylation is 1. The van der Waals surface area contributed by atoms with E-state index in [-0.39, 0.29) is 5.91 Å². The molecule has 178 valence electrons. The van der Waals surface area contributed by atoms with E-state index in [9.17, 15) is 4.79 Å². The lowest BCUT2D eigenvalue weighted by molar-refractivity contribution is -0.115. The number of amides is 1. The van der Waals surface area contributed by atoms with E-state index in [0.29, 0.717) is 18.4 Å². The second kappa shape index (κ2) is 10.8. The van der Waals surface area contributed by atoms with Crippen LogP contribution in [-0.2, 0) is 9.53 Å². The normalized spacial score (nSPS) is 14.5. The molecule has 3 aromatic carbocycles. The van der Waals surface area contributed by atoms with Crippen LogP contribution in [0.4, 0.5) is 11.6 Å². The summed E-state index contributed by atoms with van der Waals surface area (Å²) in [5.74, 6) is 0.647. The first-order chi connectivity index (χ1) is 17.2. The number of aromatic nitrogens is 3. The summed E-state index contributed by atoms with van der Waals surface area (Å²) in [6.45, 7) is 4.84. The monoisotopic (exact) mass is 485 g/mol. The fraction of sp³-hybridized carbons (Fsp3) is 0.222. The maximum atomic E-state index is 13.5. The number of hydrogen-bond acceptors (Lipinski definition) is 6. The molecule has 4 aromatic rings. The number of nitrogens with one attached hydrogen (secondary N) is 1. The first-order valence-corrected chi connectivity index (χ1v) is 12.5. The molecule has 1 fully saturated rings. The highest BCUT2D eigenvalue weighted by Gasteiger charge is 2.28. The van der Waals surface area contributed by atoms with E-state index >= 15 is 0 Å². The van der Waals surface area contributed by atoms with Crippen molar-refractivity contribution in [2.45, 2.75) is 17.3 Å². The fourth-order valence-corrected chi connectivity index (χ4v) is 5.01. The van der Waals surface area contributed by atoms with Gasteiger partial charge in [0.15, 0.2) is 5.16 Å². The van der Waals surface area contributed by atoms with E-state index in [1.807, 2.05) is 65.2 Å². The van der Waals surface area contributed by atoms with E-state index in [0.717, 1.165) is 36.0 Å². The summed E-state index contributed by atoms with van der Waals surface area (Å²) in [6.07, 6.45) is 0. The van der Waals surface area contributed by atoms with Crippen molar-refractivity contribution in [3.8, 4) is 5.69 Å². The fourth-order valence-electron chi connectivity index (χ4n) is 3.96. The van der Waals surface area contributed by atoms with Gasteiger partial charge in [-0.2, -0.15) is 0 Å². The number of morpholine rings is 1. The van der Waals surface area contributed by atoms with Crippen LogP contribution >= 0.6 is 11.8 Å². The molecule has 1 aliphatic rings. The zero-order chi connectivity index (χ0) is 24.0. The van der Waals surface area contributed by atoms with Gasteiger partial charge in [-0.3, -0.25) is 9.36 Å². The summed E-state index contributed by atoms with van der Waals surface area (Å²) < 4.78 is 7.59. The van der Waals surface area contributed by atoms with Crippen molar-refractivity contribution in [2.24, 2.45) is 0 Å². The van der Waals surface area contributed by atoms with Crippen LogP contribution in [0.2, 0.25) is 0 Å². The molecule has 0 spiro atoms. The minimum absolute atomic E-state index is 0.112. The lowest BCUT2D eigenvalue weighted by atomic mass is 10.1. The van der Waals surface area contributed by atoms with Gasteiger partial charge in [0.05, 0.1) is 18.9 Å². The van der Waals surface area contributed by atoms with E-state index < -0.39 is 5.25 Å². The largest absolute Gasteiger partial charge is 0.378 e. The SMILES string of the molecule is Cc1ccc(-n2c(SC(C(=O)Nc3ccccc3)c3ccccc3)nnc2N2CCOCC2)cc1. The molecule has 0 saturated carbocycles. The van der Waals surface area contributed by atoms with Crippen molar-refractivity contribution in [1.29, 1.82) is 0 Å². The first kappa shape index (κ1) is 23.1. The molecule has 1 unspecified atom stereocenters. The van der Waals surface area contributed by atoms with Crippen LogP contribution in [0.5, 0.6) is 0 Å². The number of anilines is 2. The number of nitrogens with zero attached hydrogens (tertiary/aromatic N) is 4. The molecule has 1 saturated heterocycles.